The van der Waals surface area contributed by atoms with Gasteiger partial charge in [-0.3, -0.25) is 0 Å². The summed E-state index contributed by atoms with van der Waals surface area (Å²) in [5, 5.41) is 0. The van der Waals surface area contributed by atoms with Crippen LogP contribution in [0.1, 0.15) is 0 Å². The van der Waals surface area contributed by atoms with Crippen LogP contribution in [0.3, 0.4) is 0 Å². The van der Waals surface area contributed by atoms with Crippen LogP contribution >= 0.6 is 0 Å². The molecule has 2 heterocycles. The van der Waals surface area contributed by atoms with Crippen molar-refractivity contribution in [3.05, 3.63) is 30.2 Å². The van der Waals surface area contributed by atoms with Crippen LogP contribution in [0.15, 0.2) is 24.4 Å². The van der Waals surface area contributed by atoms with Crippen molar-refractivity contribution in [2.24, 2.45) is 0 Å². The van der Waals surface area contributed by atoms with Crippen molar-refractivity contribution in [3.63, 3.8) is 0 Å². The first-order chi connectivity index (χ1) is 8.72. The fourth-order valence-corrected chi connectivity index (χ4v) is 1.49. The molecule has 0 spiro atoms. The zero-order valence-electron chi connectivity index (χ0n) is 9.09. The monoisotopic (exact) mass is 249 g/mol. The predicted octanol–water partition coefficient (Wildman–Crippen LogP) is 1.72. The summed E-state index contributed by atoms with van der Waals surface area (Å²) in [5.41, 5.74) is 5.36. The number of halogens is 1. The van der Waals surface area contributed by atoms with Crippen LogP contribution in [0.2, 0.25) is 0 Å². The molecule has 1 aliphatic heterocycles. The summed E-state index contributed by atoms with van der Waals surface area (Å²) >= 11 is 0. The van der Waals surface area contributed by atoms with Gasteiger partial charge in [-0.15, -0.1) is 0 Å². The highest BCUT2D eigenvalue weighted by atomic mass is 19.1. The van der Waals surface area contributed by atoms with Crippen LogP contribution in [-0.4, -0.2) is 16.8 Å². The third kappa shape index (κ3) is 1.86. The number of aromatic nitrogens is 2. The average molecular weight is 249 g/mol. The van der Waals surface area contributed by atoms with E-state index in [1.54, 1.807) is 18.2 Å². The second kappa shape index (κ2) is 4.02. The number of fused-ring (bicyclic) bond motifs is 1. The predicted molar refractivity (Wildman–Crippen MR) is 59.0 cm³/mol. The lowest BCUT2D eigenvalue weighted by Crippen LogP contribution is -1.99. The summed E-state index contributed by atoms with van der Waals surface area (Å²) in [6, 6.07) is 4.87. The lowest BCUT2D eigenvalue weighted by atomic mass is 10.3. The minimum atomic E-state index is -0.693. The summed E-state index contributed by atoms with van der Waals surface area (Å²) in [7, 11) is 0. The first-order valence-corrected chi connectivity index (χ1v) is 5.08. The smallest absolute Gasteiger partial charge is 0.260 e. The van der Waals surface area contributed by atoms with Crippen LogP contribution in [0.25, 0.3) is 0 Å². The molecular weight excluding hydrogens is 241 g/mol. The van der Waals surface area contributed by atoms with Crippen molar-refractivity contribution >= 4 is 5.95 Å². The highest BCUT2D eigenvalue weighted by molar-refractivity contribution is 5.47. The standard InChI is InChI=1S/C11H8FN3O3/c12-7-4-14-11(13)15-10(7)18-6-1-2-8-9(3-6)17-5-16-8/h1-4H,5H2,(H2,13,14,15). The topological polar surface area (TPSA) is 79.5 Å². The van der Waals surface area contributed by atoms with Gasteiger partial charge in [0.15, 0.2) is 11.5 Å². The Hall–Kier alpha value is -2.57. The first-order valence-electron chi connectivity index (χ1n) is 5.08. The van der Waals surface area contributed by atoms with Crippen molar-refractivity contribution in [2.75, 3.05) is 12.5 Å². The minimum absolute atomic E-state index is 0.0628. The van der Waals surface area contributed by atoms with E-state index in [4.69, 9.17) is 19.9 Å². The van der Waals surface area contributed by atoms with Gasteiger partial charge in [0.25, 0.3) is 5.88 Å². The van der Waals surface area contributed by atoms with Gasteiger partial charge in [0, 0.05) is 6.07 Å². The molecule has 2 aromatic rings. The average Bonchev–Trinajstić information content (AvgIpc) is 2.81. The number of rotatable bonds is 2. The Kier molecular flexibility index (Phi) is 2.36. The van der Waals surface area contributed by atoms with Crippen LogP contribution in [-0.2, 0) is 0 Å². The van der Waals surface area contributed by atoms with Crippen molar-refractivity contribution in [1.82, 2.24) is 9.97 Å². The van der Waals surface area contributed by atoms with Crippen molar-refractivity contribution in [1.29, 1.82) is 0 Å². The fraction of sp³-hybridized carbons (Fsp3) is 0.0909. The number of nitrogens with two attached hydrogens (primary N) is 1. The number of hydrogen-bond acceptors (Lipinski definition) is 6. The summed E-state index contributed by atoms with van der Waals surface area (Å²) in [6.45, 7) is 0.160. The van der Waals surface area contributed by atoms with Gasteiger partial charge >= 0.3 is 0 Å². The van der Waals surface area contributed by atoms with Gasteiger partial charge in [-0.1, -0.05) is 0 Å². The summed E-state index contributed by atoms with van der Waals surface area (Å²) in [6.07, 6.45) is 0.949. The Morgan fingerprint density at radius 1 is 1.28 bits per heavy atom. The first kappa shape index (κ1) is 10.6. The van der Waals surface area contributed by atoms with Crippen LogP contribution in [0.5, 0.6) is 23.1 Å². The molecule has 0 fully saturated rings. The largest absolute Gasteiger partial charge is 0.454 e. The van der Waals surface area contributed by atoms with E-state index in [9.17, 15) is 4.39 Å². The van der Waals surface area contributed by atoms with Gasteiger partial charge in [0.05, 0.1) is 6.20 Å². The molecule has 0 saturated carbocycles. The van der Waals surface area contributed by atoms with E-state index in [-0.39, 0.29) is 18.6 Å². The van der Waals surface area contributed by atoms with Crippen LogP contribution < -0.4 is 19.9 Å². The number of anilines is 1. The van der Waals surface area contributed by atoms with E-state index >= 15 is 0 Å². The van der Waals surface area contributed by atoms with Gasteiger partial charge in [-0.25, -0.2) is 4.98 Å². The quantitative estimate of drug-likeness (QED) is 0.872. The molecule has 2 N–H and O–H groups in total. The maximum Gasteiger partial charge on any atom is 0.260 e. The molecular formula is C11H8FN3O3. The molecule has 1 aliphatic rings. The Morgan fingerprint density at radius 2 is 2.11 bits per heavy atom. The highest BCUT2D eigenvalue weighted by Gasteiger charge is 2.15. The Labute approximate surface area is 101 Å². The summed E-state index contributed by atoms with van der Waals surface area (Å²) < 4.78 is 29.0. The number of ether oxygens (including phenoxy) is 3. The lowest BCUT2D eigenvalue weighted by molar-refractivity contribution is 0.174. The molecule has 1 aromatic carbocycles. The van der Waals surface area contributed by atoms with E-state index in [1.165, 1.54) is 0 Å². The molecule has 0 bridgehead atoms. The van der Waals surface area contributed by atoms with E-state index < -0.39 is 5.82 Å². The van der Waals surface area contributed by atoms with Crippen LogP contribution in [0, 0.1) is 5.82 Å². The van der Waals surface area contributed by atoms with Crippen molar-refractivity contribution < 1.29 is 18.6 Å². The zero-order valence-corrected chi connectivity index (χ0v) is 9.09. The molecule has 0 saturated heterocycles. The maximum absolute atomic E-state index is 13.4. The number of nitrogen functional groups attached to an aromatic ring is 1. The lowest BCUT2D eigenvalue weighted by Gasteiger charge is -2.06. The molecule has 6 nitrogen and oxygen atoms in total. The van der Waals surface area contributed by atoms with Gasteiger partial charge in [0.2, 0.25) is 18.6 Å². The van der Waals surface area contributed by atoms with Gasteiger partial charge in [-0.2, -0.15) is 9.37 Å². The van der Waals surface area contributed by atoms with Gasteiger partial charge < -0.3 is 19.9 Å². The van der Waals surface area contributed by atoms with Crippen molar-refractivity contribution in [2.45, 2.75) is 0 Å². The normalized spacial score (nSPS) is 12.5. The third-order valence-electron chi connectivity index (χ3n) is 2.29. The molecule has 0 radical (unpaired) electrons. The Morgan fingerprint density at radius 3 is 3.00 bits per heavy atom. The van der Waals surface area contributed by atoms with E-state index in [0.717, 1.165) is 6.20 Å². The molecule has 92 valence electrons. The van der Waals surface area contributed by atoms with E-state index in [1.807, 2.05) is 0 Å². The number of nitrogens with zero attached hydrogens (tertiary/aromatic N) is 2. The second-order valence-electron chi connectivity index (χ2n) is 3.50. The van der Waals surface area contributed by atoms with Crippen LogP contribution in [0.4, 0.5) is 10.3 Å². The highest BCUT2D eigenvalue weighted by Crippen LogP contribution is 2.36. The van der Waals surface area contributed by atoms with E-state index in [0.29, 0.717) is 17.2 Å². The van der Waals surface area contributed by atoms with Gasteiger partial charge in [0.1, 0.15) is 5.75 Å². The molecule has 7 heteroatoms. The second-order valence-corrected chi connectivity index (χ2v) is 3.50. The molecule has 1 aromatic heterocycles. The molecule has 18 heavy (non-hydrogen) atoms. The minimum Gasteiger partial charge on any atom is -0.454 e. The number of hydrogen-bond donors (Lipinski definition) is 1. The molecule has 0 aliphatic carbocycles. The number of benzene rings is 1. The summed E-state index contributed by atoms with van der Waals surface area (Å²) in [4.78, 5) is 7.16. The Bertz CT molecular complexity index is 606. The van der Waals surface area contributed by atoms with Gasteiger partial charge in [-0.05, 0) is 12.1 Å². The maximum atomic E-state index is 13.4. The van der Waals surface area contributed by atoms with Crippen molar-refractivity contribution in [3.8, 4) is 23.1 Å². The zero-order chi connectivity index (χ0) is 12.5. The fourth-order valence-electron chi connectivity index (χ4n) is 1.49. The Balaban J connectivity index is 1.90. The third-order valence-corrected chi connectivity index (χ3v) is 2.29. The summed E-state index contributed by atoms with van der Waals surface area (Å²) in [5.74, 6) is 0.534. The molecule has 3 rings (SSSR count). The molecule has 0 unspecified atom stereocenters. The van der Waals surface area contributed by atoms with E-state index in [2.05, 4.69) is 9.97 Å². The molecule has 0 atom stereocenters. The molecule has 0 amide bonds. The SMILES string of the molecule is Nc1ncc(F)c(Oc2ccc3c(c2)OCO3)n1.